The molecule has 0 amide bonds. The Labute approximate surface area is 704 Å². The van der Waals surface area contributed by atoms with Gasteiger partial charge in [-0.05, 0) is 251 Å². The van der Waals surface area contributed by atoms with E-state index in [4.69, 9.17) is 0 Å². The Morgan fingerprint density at radius 3 is 0.867 bits per heavy atom. The second-order valence-corrected chi connectivity index (χ2v) is 36.4. The topological polar surface area (TPSA) is 11.4 Å². The highest BCUT2D eigenvalue weighted by atomic mass is 15.2. The Kier molecular flexibility index (Phi) is 16.8. The van der Waals surface area contributed by atoms with Gasteiger partial charge in [0.05, 0.1) is 22.4 Å². The van der Waals surface area contributed by atoms with E-state index in [0.29, 0.717) is 0 Å². The van der Waals surface area contributed by atoms with E-state index in [-0.39, 0.29) is 17.5 Å². The Bertz CT molecular complexity index is 7130. The minimum Gasteiger partial charge on any atom is -0.310 e. The lowest BCUT2D eigenvalue weighted by atomic mass is 9.33. The average molecular weight is 1540 g/mol. The smallest absolute Gasteiger partial charge is 0.252 e. The Balaban J connectivity index is 0.919. The largest absolute Gasteiger partial charge is 0.310 e. The molecule has 3 heterocycles. The first-order valence-electron chi connectivity index (χ1n) is 42.5. The molecule has 0 aliphatic carbocycles. The standard InChI is InChI=1S/C116H90BN3/c1-114(2,3)89-66-95(85-47-25-43-80(61-85)73-31-15-10-16-32-73)112(96(67-89)86-48-26-44-81(62-86)74-33-17-11-18-34-74)119-103-65-84(77-39-23-14-24-40-77)53-57-99(103)117-100-58-56-92(118-101-59-54-78-41-29-51-93-94-52-30-42-79-55-60-102(118)110(108(79)94)109(101)107(78)93)72-104(100)120(106-71-91(116(7,8)9)70-105(119)111(106)117)113-97(87-49-27-45-82(63-87)75-35-19-12-20-36-75)68-90(115(4,5)6)69-98(113)88-50-28-46-83(64-88)76-37-21-13-22-38-76/h10-72H,1-9H3. The molecule has 22 rings (SSSR count). The zero-order valence-corrected chi connectivity index (χ0v) is 69.3. The van der Waals surface area contributed by atoms with Crippen molar-refractivity contribution < 1.29 is 0 Å². The van der Waals surface area contributed by atoms with Crippen LogP contribution in [0.2, 0.25) is 0 Å². The summed E-state index contributed by atoms with van der Waals surface area (Å²) in [5.74, 6) is 0. The molecular formula is C116H90BN3. The van der Waals surface area contributed by atoms with Crippen LogP contribution in [0.25, 0.3) is 160 Å². The molecule has 0 bridgehead atoms. The van der Waals surface area contributed by atoms with Crippen LogP contribution in [0, 0.1) is 0 Å². The number of rotatable bonds is 12. The van der Waals surface area contributed by atoms with Gasteiger partial charge in [-0.15, -0.1) is 0 Å². The molecule has 0 saturated carbocycles. The first-order chi connectivity index (χ1) is 58.4. The maximum atomic E-state index is 2.79. The number of hydrogen-bond acceptors (Lipinski definition) is 2. The molecule has 0 unspecified atom stereocenters. The molecular weight excluding hydrogens is 1450 g/mol. The summed E-state index contributed by atoms with van der Waals surface area (Å²) in [6.07, 6.45) is 0. The quantitative estimate of drug-likeness (QED) is 0.0686. The van der Waals surface area contributed by atoms with Crippen LogP contribution in [0.5, 0.6) is 0 Å². The first kappa shape index (κ1) is 72.4. The van der Waals surface area contributed by atoms with Crippen molar-refractivity contribution in [2.45, 2.75) is 78.6 Å². The number of benzene rings is 19. The van der Waals surface area contributed by atoms with Gasteiger partial charge in [0.2, 0.25) is 0 Å². The summed E-state index contributed by atoms with van der Waals surface area (Å²) >= 11 is 0. The predicted molar refractivity (Wildman–Crippen MR) is 515 cm³/mol. The molecule has 3 nitrogen and oxygen atoms in total. The summed E-state index contributed by atoms with van der Waals surface area (Å²) in [5, 5.41) is 10.3. The van der Waals surface area contributed by atoms with Crippen molar-refractivity contribution >= 4 is 111 Å². The SMILES string of the molecule is CC(C)(C)c1cc(-c2cccc(-c3ccccc3)c2)c(N2c3cc(-c4ccccc4)ccc3B3c4ccc(-n5c6ccc7cccc8c9cccc%10ccc5c(c%109)c6c78)cc4N(c4c(-c5cccc(-c6ccccc6)c5)cc(C(C)(C)C)cc4-c4cccc(-c5ccccc5)c4)c4cc(C(C)(C)C)cc2c43)c(-c2cccc(-c3ccccc3)c2)c1. The van der Waals surface area contributed by atoms with Gasteiger partial charge in [-0.1, -0.05) is 353 Å². The fraction of sp³-hybridized carbons (Fsp3) is 0.103. The molecule has 0 N–H and O–H groups in total. The van der Waals surface area contributed by atoms with Crippen molar-refractivity contribution in [3.05, 3.63) is 399 Å². The van der Waals surface area contributed by atoms with Crippen LogP contribution in [0.4, 0.5) is 34.1 Å². The van der Waals surface area contributed by atoms with E-state index < -0.39 is 5.41 Å². The van der Waals surface area contributed by atoms with Crippen LogP contribution >= 0.6 is 0 Å². The number of aromatic nitrogens is 1. The van der Waals surface area contributed by atoms with Gasteiger partial charge in [-0.2, -0.15) is 0 Å². The van der Waals surface area contributed by atoms with Crippen molar-refractivity contribution in [2.24, 2.45) is 0 Å². The van der Waals surface area contributed by atoms with Gasteiger partial charge >= 0.3 is 0 Å². The molecule has 2 aliphatic heterocycles. The van der Waals surface area contributed by atoms with E-state index in [0.717, 1.165) is 118 Å². The second kappa shape index (κ2) is 27.8. The molecule has 120 heavy (non-hydrogen) atoms. The van der Waals surface area contributed by atoms with Gasteiger partial charge in [-0.25, -0.2) is 0 Å². The summed E-state index contributed by atoms with van der Waals surface area (Å²) in [4.78, 5) is 5.55. The van der Waals surface area contributed by atoms with E-state index in [1.807, 2.05) is 0 Å². The molecule has 2 aliphatic rings. The van der Waals surface area contributed by atoms with E-state index in [2.05, 4.69) is 459 Å². The van der Waals surface area contributed by atoms with Crippen molar-refractivity contribution in [3.8, 4) is 106 Å². The molecule has 0 saturated heterocycles. The van der Waals surface area contributed by atoms with Gasteiger partial charge in [0.25, 0.3) is 6.71 Å². The zero-order valence-electron chi connectivity index (χ0n) is 69.3. The monoisotopic (exact) mass is 1540 g/mol. The molecule has 0 spiro atoms. The normalized spacial score (nSPS) is 12.8. The lowest BCUT2D eigenvalue weighted by Gasteiger charge is -2.47. The fourth-order valence-corrected chi connectivity index (χ4v) is 19.8. The van der Waals surface area contributed by atoms with Crippen LogP contribution in [-0.4, -0.2) is 11.3 Å². The molecule has 0 atom stereocenters. The summed E-state index contributed by atoms with van der Waals surface area (Å²) in [5.41, 5.74) is 37.5. The molecule has 572 valence electrons. The molecule has 19 aromatic carbocycles. The van der Waals surface area contributed by atoms with E-state index in [1.54, 1.807) is 0 Å². The third kappa shape index (κ3) is 11.9. The van der Waals surface area contributed by atoms with Gasteiger partial charge in [0.15, 0.2) is 0 Å². The van der Waals surface area contributed by atoms with E-state index in [1.165, 1.54) is 109 Å². The van der Waals surface area contributed by atoms with Crippen LogP contribution in [0.1, 0.15) is 79.0 Å². The third-order valence-corrected chi connectivity index (χ3v) is 25.9. The van der Waals surface area contributed by atoms with Crippen LogP contribution in [0.15, 0.2) is 382 Å². The van der Waals surface area contributed by atoms with Gasteiger partial charge in [0, 0.05) is 61.5 Å². The lowest BCUT2D eigenvalue weighted by Crippen LogP contribution is -2.61. The van der Waals surface area contributed by atoms with Crippen molar-refractivity contribution in [3.63, 3.8) is 0 Å². The summed E-state index contributed by atoms with van der Waals surface area (Å²) in [6, 6.07) is 146. The summed E-state index contributed by atoms with van der Waals surface area (Å²) < 4.78 is 2.61. The summed E-state index contributed by atoms with van der Waals surface area (Å²) in [6.45, 7) is 21.3. The Morgan fingerprint density at radius 2 is 0.517 bits per heavy atom. The maximum absolute atomic E-state index is 2.79. The minimum absolute atomic E-state index is 0.266. The van der Waals surface area contributed by atoms with Crippen molar-refractivity contribution in [1.29, 1.82) is 0 Å². The summed E-state index contributed by atoms with van der Waals surface area (Å²) in [7, 11) is 0. The van der Waals surface area contributed by atoms with Gasteiger partial charge in [0.1, 0.15) is 0 Å². The molecule has 0 radical (unpaired) electrons. The van der Waals surface area contributed by atoms with Crippen molar-refractivity contribution in [2.75, 3.05) is 9.80 Å². The van der Waals surface area contributed by atoms with Gasteiger partial charge < -0.3 is 14.4 Å². The average Bonchev–Trinajstić information content (AvgIpc) is 1.33. The van der Waals surface area contributed by atoms with Crippen LogP contribution < -0.4 is 26.2 Å². The molecule has 20 aromatic rings. The van der Waals surface area contributed by atoms with Gasteiger partial charge in [-0.3, -0.25) is 0 Å². The van der Waals surface area contributed by atoms with Crippen molar-refractivity contribution in [1.82, 2.24) is 4.57 Å². The minimum atomic E-state index is -0.392. The molecule has 4 heteroatoms. The Hall–Kier alpha value is -14.1. The number of hydrogen-bond donors (Lipinski definition) is 0. The first-order valence-corrected chi connectivity index (χ1v) is 42.5. The predicted octanol–water partition coefficient (Wildman–Crippen LogP) is 30.1. The van der Waals surface area contributed by atoms with Crippen LogP contribution in [-0.2, 0) is 16.2 Å². The number of fused-ring (bicyclic) bond motifs is 5. The highest BCUT2D eigenvalue weighted by Crippen LogP contribution is 2.57. The highest BCUT2D eigenvalue weighted by Gasteiger charge is 2.47. The highest BCUT2D eigenvalue weighted by molar-refractivity contribution is 7.00. The zero-order chi connectivity index (χ0) is 81.0. The molecule has 0 fully saturated rings. The lowest BCUT2D eigenvalue weighted by molar-refractivity contribution is 0.590. The fourth-order valence-electron chi connectivity index (χ4n) is 19.8. The van der Waals surface area contributed by atoms with E-state index >= 15 is 0 Å². The van der Waals surface area contributed by atoms with E-state index in [9.17, 15) is 0 Å². The Morgan fingerprint density at radius 1 is 0.217 bits per heavy atom. The molecule has 1 aromatic heterocycles. The van der Waals surface area contributed by atoms with Crippen LogP contribution in [0.3, 0.4) is 0 Å². The number of nitrogens with zero attached hydrogens (tertiary/aromatic N) is 3. The second-order valence-electron chi connectivity index (χ2n) is 36.4. The number of anilines is 6. The maximum Gasteiger partial charge on any atom is 0.252 e. The third-order valence-electron chi connectivity index (χ3n) is 25.9.